The molecule has 262 valence electrons. The fourth-order valence-corrected chi connectivity index (χ4v) is 4.84. The van der Waals surface area contributed by atoms with Crippen LogP contribution in [0.25, 0.3) is 0 Å². The third kappa shape index (κ3) is 15.8. The lowest BCUT2D eigenvalue weighted by atomic mass is 9.92. The molecule has 0 aromatic heterocycles. The van der Waals surface area contributed by atoms with Crippen LogP contribution < -0.4 is 31.9 Å². The molecule has 3 unspecified atom stereocenters. The van der Waals surface area contributed by atoms with Crippen LogP contribution in [0.4, 0.5) is 11.4 Å². The van der Waals surface area contributed by atoms with Gasteiger partial charge in [-0.1, -0.05) is 65.0 Å². The Morgan fingerprint density at radius 2 is 1.31 bits per heavy atom. The highest BCUT2D eigenvalue weighted by atomic mass is 32.1. The van der Waals surface area contributed by atoms with Gasteiger partial charge in [-0.05, 0) is 72.8 Å². The van der Waals surface area contributed by atoms with Crippen molar-refractivity contribution in [3.63, 3.8) is 0 Å². The molecule has 0 spiro atoms. The van der Waals surface area contributed by atoms with E-state index in [-0.39, 0.29) is 50.1 Å². The van der Waals surface area contributed by atoms with Crippen LogP contribution in [-0.2, 0) is 30.4 Å². The maximum absolute atomic E-state index is 13.2. The maximum atomic E-state index is 13.2. The van der Waals surface area contributed by atoms with Crippen molar-refractivity contribution in [3.05, 3.63) is 60.2 Å². The molecule has 0 saturated carbocycles. The quantitative estimate of drug-likeness (QED) is 0.0848. The van der Waals surface area contributed by atoms with Crippen LogP contribution in [0.15, 0.2) is 54.6 Å². The zero-order valence-corrected chi connectivity index (χ0v) is 28.9. The van der Waals surface area contributed by atoms with Crippen molar-refractivity contribution < 1.29 is 34.2 Å². The van der Waals surface area contributed by atoms with Crippen molar-refractivity contribution in [1.29, 1.82) is 0 Å². The lowest BCUT2D eigenvalue weighted by Gasteiger charge is -2.23. The summed E-state index contributed by atoms with van der Waals surface area (Å²) in [6.45, 7) is 9.22. The Bertz CT molecular complexity index is 1400. The number of aliphatic carboxylic acids is 2. The molecule has 3 amide bonds. The molecule has 48 heavy (non-hydrogen) atoms. The van der Waals surface area contributed by atoms with E-state index in [1.807, 2.05) is 65.0 Å². The van der Waals surface area contributed by atoms with E-state index < -0.39 is 47.8 Å². The normalized spacial score (nSPS) is 13.0. The number of hydrogen-bond donors (Lipinski definition) is 8. The summed E-state index contributed by atoms with van der Waals surface area (Å²) in [5.74, 6) is -3.94. The van der Waals surface area contributed by atoms with Gasteiger partial charge in [0.05, 0.1) is 6.42 Å². The fraction of sp³-hybridized carbons (Fsp3) is 0.471. The molecular weight excluding hydrogens is 636 g/mol. The van der Waals surface area contributed by atoms with E-state index in [4.69, 9.17) is 12.2 Å². The average Bonchev–Trinajstić information content (AvgIpc) is 2.97. The summed E-state index contributed by atoms with van der Waals surface area (Å²) in [6, 6.07) is 13.1. The van der Waals surface area contributed by atoms with Gasteiger partial charge in [-0.2, -0.15) is 0 Å². The number of para-hydroxylation sites is 1. The van der Waals surface area contributed by atoms with Crippen molar-refractivity contribution in [2.24, 2.45) is 11.3 Å². The molecular formula is C34H48N6O7S. The number of amides is 3. The first-order valence-electron chi connectivity index (χ1n) is 15.8. The van der Waals surface area contributed by atoms with Gasteiger partial charge in [-0.3, -0.25) is 14.4 Å². The van der Waals surface area contributed by atoms with E-state index in [1.54, 1.807) is 24.3 Å². The van der Waals surface area contributed by atoms with Crippen LogP contribution >= 0.6 is 12.2 Å². The largest absolute Gasteiger partial charge is 0.480 e. The van der Waals surface area contributed by atoms with E-state index >= 15 is 0 Å². The predicted octanol–water partition coefficient (Wildman–Crippen LogP) is 3.12. The highest BCUT2D eigenvalue weighted by Crippen LogP contribution is 2.18. The van der Waals surface area contributed by atoms with Crippen LogP contribution in [0, 0.1) is 11.3 Å². The number of thiocarbonyl (C=S) groups is 1. The molecule has 14 heteroatoms. The van der Waals surface area contributed by atoms with Crippen LogP contribution in [0.5, 0.6) is 0 Å². The van der Waals surface area contributed by atoms with Gasteiger partial charge >= 0.3 is 11.9 Å². The van der Waals surface area contributed by atoms with Gasteiger partial charge in [0.25, 0.3) is 0 Å². The van der Waals surface area contributed by atoms with Gasteiger partial charge in [0.1, 0.15) is 18.1 Å². The summed E-state index contributed by atoms with van der Waals surface area (Å²) in [5.41, 5.74) is 1.95. The molecule has 0 fully saturated rings. The van der Waals surface area contributed by atoms with Crippen molar-refractivity contribution in [1.82, 2.24) is 21.3 Å². The summed E-state index contributed by atoms with van der Waals surface area (Å²) in [4.78, 5) is 61.8. The monoisotopic (exact) mass is 684 g/mol. The Kier molecular flexibility index (Phi) is 15.9. The number of anilines is 2. The second-order valence-electron chi connectivity index (χ2n) is 13.2. The number of carbonyl (C=O) groups is 5. The highest BCUT2D eigenvalue weighted by molar-refractivity contribution is 7.80. The lowest BCUT2D eigenvalue weighted by molar-refractivity contribution is -0.143. The van der Waals surface area contributed by atoms with E-state index in [0.717, 1.165) is 11.4 Å². The van der Waals surface area contributed by atoms with Gasteiger partial charge in [0.15, 0.2) is 5.11 Å². The Morgan fingerprint density at radius 1 is 0.750 bits per heavy atom. The Balaban J connectivity index is 1.90. The van der Waals surface area contributed by atoms with Gasteiger partial charge in [0.2, 0.25) is 17.7 Å². The molecule has 0 aliphatic carbocycles. The minimum absolute atomic E-state index is 0.00415. The fourth-order valence-electron chi connectivity index (χ4n) is 4.60. The Labute approximate surface area is 287 Å². The Morgan fingerprint density at radius 3 is 1.85 bits per heavy atom. The number of benzene rings is 2. The minimum Gasteiger partial charge on any atom is -0.480 e. The van der Waals surface area contributed by atoms with E-state index in [1.165, 1.54) is 0 Å². The molecule has 2 aromatic carbocycles. The van der Waals surface area contributed by atoms with Gasteiger partial charge in [0, 0.05) is 24.3 Å². The van der Waals surface area contributed by atoms with Gasteiger partial charge < -0.3 is 42.1 Å². The zero-order chi connectivity index (χ0) is 35.9. The first-order chi connectivity index (χ1) is 22.5. The smallest absolute Gasteiger partial charge is 0.327 e. The number of rotatable bonds is 18. The predicted molar refractivity (Wildman–Crippen MR) is 189 cm³/mol. The van der Waals surface area contributed by atoms with Crippen molar-refractivity contribution in [2.45, 2.75) is 78.4 Å². The standard InChI is InChI=1S/C34H48N6O7S/c1-21(2)17-26(39-28(41)18-22-11-13-24(14-12-22)37-33(48)36-23-9-7-6-8-10-23)30(43)40-27(32(46)47)20-35-16-15-25(31(44)45)38-29(42)19-34(3,4)5/h6-14,21,25-27,35H,15-20H2,1-5H3,(H,38,42)(H,39,41)(H,40,43)(H,44,45)(H,46,47)(H2,36,37,48). The number of hydrogen-bond acceptors (Lipinski definition) is 7. The summed E-state index contributed by atoms with van der Waals surface area (Å²) in [6.07, 6.45) is 0.431. The zero-order valence-electron chi connectivity index (χ0n) is 28.1. The average molecular weight is 685 g/mol. The Hall–Kier alpha value is -4.56. The minimum atomic E-state index is -1.34. The van der Waals surface area contributed by atoms with E-state index in [0.29, 0.717) is 10.7 Å². The number of carbonyl (C=O) groups excluding carboxylic acids is 3. The summed E-state index contributed by atoms with van der Waals surface area (Å²) in [5, 5.41) is 36.3. The van der Waals surface area contributed by atoms with E-state index in [9.17, 15) is 34.2 Å². The van der Waals surface area contributed by atoms with Crippen LogP contribution in [0.1, 0.15) is 59.4 Å². The third-order valence-corrected chi connectivity index (χ3v) is 7.07. The van der Waals surface area contributed by atoms with Crippen LogP contribution in [0.3, 0.4) is 0 Å². The highest BCUT2D eigenvalue weighted by Gasteiger charge is 2.28. The first kappa shape index (κ1) is 39.6. The molecule has 2 rings (SSSR count). The molecule has 8 N–H and O–H groups in total. The third-order valence-electron chi connectivity index (χ3n) is 6.86. The molecule has 2 aromatic rings. The first-order valence-corrected chi connectivity index (χ1v) is 16.2. The number of carboxylic acids is 2. The number of carboxylic acid groups (broad SMARTS) is 2. The maximum Gasteiger partial charge on any atom is 0.327 e. The molecule has 3 atom stereocenters. The molecule has 0 aliphatic rings. The SMILES string of the molecule is CC(C)CC(NC(=O)Cc1ccc(NC(=S)Nc2ccccc2)cc1)C(=O)NC(CNCCC(NC(=O)CC(C)(C)C)C(=O)O)C(=O)O. The molecule has 0 bridgehead atoms. The van der Waals surface area contributed by atoms with Crippen LogP contribution in [-0.4, -0.2) is 76.2 Å². The molecule has 0 saturated heterocycles. The lowest BCUT2D eigenvalue weighted by Crippen LogP contribution is -2.55. The molecule has 0 aliphatic heterocycles. The van der Waals surface area contributed by atoms with Gasteiger partial charge in [-0.15, -0.1) is 0 Å². The summed E-state index contributed by atoms with van der Waals surface area (Å²) in [7, 11) is 0. The number of nitrogens with one attached hydrogen (secondary N) is 6. The molecule has 0 heterocycles. The van der Waals surface area contributed by atoms with Crippen LogP contribution in [0.2, 0.25) is 0 Å². The summed E-state index contributed by atoms with van der Waals surface area (Å²) >= 11 is 5.35. The molecule has 13 nitrogen and oxygen atoms in total. The van der Waals surface area contributed by atoms with Crippen molar-refractivity contribution in [2.75, 3.05) is 23.7 Å². The second kappa shape index (κ2) is 19.3. The molecule has 0 radical (unpaired) electrons. The second-order valence-corrected chi connectivity index (χ2v) is 13.6. The topological polar surface area (TPSA) is 198 Å². The van der Waals surface area contributed by atoms with Crippen molar-refractivity contribution in [3.8, 4) is 0 Å². The van der Waals surface area contributed by atoms with Crippen molar-refractivity contribution >= 4 is 58.4 Å². The summed E-state index contributed by atoms with van der Waals surface area (Å²) < 4.78 is 0. The van der Waals surface area contributed by atoms with Gasteiger partial charge in [-0.25, -0.2) is 9.59 Å². The van der Waals surface area contributed by atoms with E-state index in [2.05, 4.69) is 31.9 Å².